The van der Waals surface area contributed by atoms with E-state index in [1.54, 1.807) is 19.1 Å². The topological polar surface area (TPSA) is 94.6 Å². The molecular weight excluding hydrogens is 519 g/mol. The van der Waals surface area contributed by atoms with Gasteiger partial charge in [-0.3, -0.25) is 19.5 Å². The molecule has 8 heteroatoms. The maximum atomic E-state index is 14.5. The molecule has 1 aliphatic heterocycles. The Balaban J connectivity index is 1.57. The van der Waals surface area contributed by atoms with E-state index in [9.17, 15) is 19.1 Å². The van der Waals surface area contributed by atoms with E-state index in [-0.39, 0.29) is 24.6 Å². The minimum absolute atomic E-state index is 0.167. The molecule has 2 heterocycles. The highest BCUT2D eigenvalue weighted by Crippen LogP contribution is 2.33. The lowest BCUT2D eigenvalue weighted by atomic mass is 9.98. The molecule has 0 saturated carbocycles. The molecular formula is C33H33FN4O3. The third-order valence-electron chi connectivity index (χ3n) is 7.37. The van der Waals surface area contributed by atoms with Crippen LogP contribution in [-0.4, -0.2) is 40.1 Å². The number of nitrogens with zero attached hydrogens (tertiary/aromatic N) is 2. The lowest BCUT2D eigenvalue weighted by molar-refractivity contribution is -0.127. The van der Waals surface area contributed by atoms with Crippen LogP contribution < -0.4 is 15.5 Å². The Bertz CT molecular complexity index is 1500. The first-order valence-electron chi connectivity index (χ1n) is 13.6. The molecule has 2 amide bonds. The largest absolute Gasteiger partial charge is 0.389 e. The number of carbonyl (C=O) groups is 2. The highest BCUT2D eigenvalue weighted by molar-refractivity contribution is 6.04. The molecule has 4 atom stereocenters. The van der Waals surface area contributed by atoms with E-state index in [2.05, 4.69) is 15.6 Å². The molecule has 0 aliphatic carbocycles. The van der Waals surface area contributed by atoms with Crippen LogP contribution >= 0.6 is 0 Å². The van der Waals surface area contributed by atoms with Crippen LogP contribution in [0.4, 0.5) is 10.1 Å². The summed E-state index contributed by atoms with van der Waals surface area (Å²) in [5, 5.41) is 16.7. The highest BCUT2D eigenvalue weighted by atomic mass is 19.1. The summed E-state index contributed by atoms with van der Waals surface area (Å²) in [6.07, 6.45) is 2.62. The number of carbonyl (C=O) groups excluding carboxylic acids is 2. The Hall–Kier alpha value is -4.40. The first-order chi connectivity index (χ1) is 19.7. The molecule has 7 nitrogen and oxygen atoms in total. The Morgan fingerprint density at radius 2 is 1.61 bits per heavy atom. The van der Waals surface area contributed by atoms with Crippen LogP contribution in [0.1, 0.15) is 43.5 Å². The molecule has 1 aliphatic rings. The van der Waals surface area contributed by atoms with Gasteiger partial charge in [-0.15, -0.1) is 0 Å². The zero-order valence-electron chi connectivity index (χ0n) is 23.0. The van der Waals surface area contributed by atoms with Crippen LogP contribution in [0.3, 0.4) is 0 Å². The predicted molar refractivity (Wildman–Crippen MR) is 156 cm³/mol. The average Bonchev–Trinajstić information content (AvgIpc) is 3.36. The molecule has 4 aromatic rings. The molecule has 5 rings (SSSR count). The molecule has 3 N–H and O–H groups in total. The van der Waals surface area contributed by atoms with E-state index in [0.29, 0.717) is 5.69 Å². The van der Waals surface area contributed by atoms with E-state index >= 15 is 0 Å². The molecule has 210 valence electrons. The standard InChI is InChI=1S/C33H33FN4O3/c1-22(23-9-5-3-6-10-23)37-31(39)30(26-17-27(34)20-35-19-26)38(32(40)29-18-33(2,41)21-36-29)28-15-13-25(14-16-28)24-11-7-4-8-12-24/h3-17,19-20,22,29-30,36,41H,18,21H2,1-2H3,(H,37,39)/t22-,29+,30?,33+/m0/s1. The summed E-state index contributed by atoms with van der Waals surface area (Å²) in [7, 11) is 0. The van der Waals surface area contributed by atoms with Crippen LogP contribution in [0.2, 0.25) is 0 Å². The van der Waals surface area contributed by atoms with Gasteiger partial charge in [0.1, 0.15) is 11.9 Å². The van der Waals surface area contributed by atoms with E-state index in [1.165, 1.54) is 17.2 Å². The monoisotopic (exact) mass is 552 g/mol. The molecule has 1 unspecified atom stereocenters. The second-order valence-corrected chi connectivity index (χ2v) is 10.7. The number of aliphatic hydroxyl groups is 1. The van der Waals surface area contributed by atoms with Gasteiger partial charge in [-0.1, -0.05) is 72.8 Å². The number of hydrogen-bond acceptors (Lipinski definition) is 5. The van der Waals surface area contributed by atoms with Gasteiger partial charge in [-0.25, -0.2) is 4.39 Å². The Morgan fingerprint density at radius 1 is 0.976 bits per heavy atom. The van der Waals surface area contributed by atoms with Gasteiger partial charge >= 0.3 is 0 Å². The number of benzene rings is 3. The predicted octanol–water partition coefficient (Wildman–Crippen LogP) is 4.95. The molecule has 3 aromatic carbocycles. The number of pyridine rings is 1. The number of amides is 2. The van der Waals surface area contributed by atoms with Gasteiger partial charge in [0.25, 0.3) is 0 Å². The van der Waals surface area contributed by atoms with Gasteiger partial charge in [-0.2, -0.15) is 0 Å². The van der Waals surface area contributed by atoms with Crippen LogP contribution in [0, 0.1) is 5.82 Å². The van der Waals surface area contributed by atoms with Gasteiger partial charge < -0.3 is 15.7 Å². The molecule has 1 fully saturated rings. The normalized spacial score (nSPS) is 19.8. The van der Waals surface area contributed by atoms with E-state index < -0.39 is 35.3 Å². The van der Waals surface area contributed by atoms with Gasteiger partial charge in [-0.05, 0) is 48.7 Å². The molecule has 41 heavy (non-hydrogen) atoms. The summed E-state index contributed by atoms with van der Waals surface area (Å²) in [5.74, 6) is -1.52. The number of nitrogens with one attached hydrogen (secondary N) is 2. The smallest absolute Gasteiger partial charge is 0.248 e. The lowest BCUT2D eigenvalue weighted by Crippen LogP contribution is -2.50. The summed E-state index contributed by atoms with van der Waals surface area (Å²) in [6.45, 7) is 3.74. The van der Waals surface area contributed by atoms with E-state index in [0.717, 1.165) is 22.9 Å². The van der Waals surface area contributed by atoms with Crippen LogP contribution in [0.5, 0.6) is 0 Å². The van der Waals surface area contributed by atoms with Crippen molar-refractivity contribution in [2.45, 2.75) is 44.0 Å². The molecule has 0 bridgehead atoms. The zero-order valence-corrected chi connectivity index (χ0v) is 23.0. The maximum Gasteiger partial charge on any atom is 0.248 e. The molecule has 0 radical (unpaired) electrons. The summed E-state index contributed by atoms with van der Waals surface area (Å²) in [4.78, 5) is 33.6. The summed E-state index contributed by atoms with van der Waals surface area (Å²) < 4.78 is 14.5. The summed E-state index contributed by atoms with van der Waals surface area (Å²) >= 11 is 0. The van der Waals surface area contributed by atoms with Crippen LogP contribution in [0.25, 0.3) is 11.1 Å². The van der Waals surface area contributed by atoms with Crippen molar-refractivity contribution in [1.29, 1.82) is 0 Å². The quantitative estimate of drug-likeness (QED) is 0.288. The molecule has 1 aromatic heterocycles. The minimum atomic E-state index is -1.23. The fraction of sp³-hybridized carbons (Fsp3) is 0.242. The van der Waals surface area contributed by atoms with Gasteiger partial charge in [0.15, 0.2) is 0 Å². The molecule has 0 spiro atoms. The van der Waals surface area contributed by atoms with Crippen molar-refractivity contribution in [3.05, 3.63) is 120 Å². The van der Waals surface area contributed by atoms with Gasteiger partial charge in [0, 0.05) is 30.4 Å². The van der Waals surface area contributed by atoms with Gasteiger partial charge in [0.05, 0.1) is 23.9 Å². The van der Waals surface area contributed by atoms with Crippen molar-refractivity contribution in [2.24, 2.45) is 0 Å². The second kappa shape index (κ2) is 12.0. The summed E-state index contributed by atoms with van der Waals surface area (Å²) in [6, 6.07) is 25.5. The maximum absolute atomic E-state index is 14.5. The van der Waals surface area contributed by atoms with Crippen molar-refractivity contribution >= 4 is 17.5 Å². The summed E-state index contributed by atoms with van der Waals surface area (Å²) in [5.41, 5.74) is 2.44. The van der Waals surface area contributed by atoms with Crippen molar-refractivity contribution in [1.82, 2.24) is 15.6 Å². The zero-order chi connectivity index (χ0) is 29.0. The third kappa shape index (κ3) is 6.51. The number of anilines is 1. The van der Waals surface area contributed by atoms with Crippen LogP contribution in [0.15, 0.2) is 103 Å². The van der Waals surface area contributed by atoms with Gasteiger partial charge in [0.2, 0.25) is 11.8 Å². The van der Waals surface area contributed by atoms with Crippen molar-refractivity contribution in [3.8, 4) is 11.1 Å². The number of β-amino-alcohol motifs (C(OH)–C–C–N with tert-alkyl or cyclic N) is 1. The highest BCUT2D eigenvalue weighted by Gasteiger charge is 2.42. The van der Waals surface area contributed by atoms with E-state index in [4.69, 9.17) is 0 Å². The fourth-order valence-corrected chi connectivity index (χ4v) is 5.23. The lowest BCUT2D eigenvalue weighted by Gasteiger charge is -2.34. The molecule has 1 saturated heterocycles. The number of halogens is 1. The Kier molecular flexibility index (Phi) is 8.23. The number of rotatable bonds is 8. The first kappa shape index (κ1) is 28.1. The second-order valence-electron chi connectivity index (χ2n) is 10.7. The number of aromatic nitrogens is 1. The van der Waals surface area contributed by atoms with Crippen molar-refractivity contribution in [2.75, 3.05) is 11.4 Å². The minimum Gasteiger partial charge on any atom is -0.389 e. The van der Waals surface area contributed by atoms with Crippen molar-refractivity contribution < 1.29 is 19.1 Å². The number of hydrogen-bond donors (Lipinski definition) is 3. The van der Waals surface area contributed by atoms with E-state index in [1.807, 2.05) is 79.7 Å². The SMILES string of the molecule is C[C@H](NC(=O)C(c1cncc(F)c1)N(C(=O)[C@H]1C[C@@](C)(O)CN1)c1ccc(-c2ccccc2)cc1)c1ccccc1. The first-order valence-corrected chi connectivity index (χ1v) is 13.6. The fourth-order valence-electron chi connectivity index (χ4n) is 5.23. The third-order valence-corrected chi connectivity index (χ3v) is 7.37. The Morgan fingerprint density at radius 3 is 2.22 bits per heavy atom. The average molecular weight is 553 g/mol. The van der Waals surface area contributed by atoms with Crippen molar-refractivity contribution in [3.63, 3.8) is 0 Å². The van der Waals surface area contributed by atoms with Crippen LogP contribution in [-0.2, 0) is 9.59 Å². The Labute approximate surface area is 239 Å².